The molecule has 0 fully saturated rings. The number of benzene rings is 1. The fourth-order valence-electron chi connectivity index (χ4n) is 1.87. The Kier molecular flexibility index (Phi) is 7.74. The Balaban J connectivity index is 2.62. The van der Waals surface area contributed by atoms with E-state index in [2.05, 4.69) is 16.0 Å². The Bertz CT molecular complexity index is 691. The highest BCUT2D eigenvalue weighted by molar-refractivity contribution is 5.97. The van der Waals surface area contributed by atoms with Crippen molar-refractivity contribution in [2.75, 3.05) is 6.54 Å². The Hall–Kier alpha value is -3.43. The van der Waals surface area contributed by atoms with E-state index >= 15 is 0 Å². The third-order valence-electron chi connectivity index (χ3n) is 3.26. The van der Waals surface area contributed by atoms with Crippen molar-refractivity contribution >= 4 is 29.6 Å². The maximum absolute atomic E-state index is 12.0. The molecule has 10 heteroatoms. The minimum atomic E-state index is -1.42. The first-order valence-corrected chi connectivity index (χ1v) is 7.64. The SMILES string of the molecule is C[C@H](NC(=O)[C@H](CC(=O)O)NC(=O)CNC(=O)c1ccccc1)C(N)=O. The molecule has 2 atom stereocenters. The number of rotatable bonds is 9. The summed E-state index contributed by atoms with van der Waals surface area (Å²) in [5, 5.41) is 15.6. The van der Waals surface area contributed by atoms with Crippen molar-refractivity contribution in [1.82, 2.24) is 16.0 Å². The molecule has 140 valence electrons. The molecule has 4 amide bonds. The quantitative estimate of drug-likeness (QED) is 0.352. The Morgan fingerprint density at radius 3 is 2.23 bits per heavy atom. The lowest BCUT2D eigenvalue weighted by atomic mass is 10.1. The fourth-order valence-corrected chi connectivity index (χ4v) is 1.87. The van der Waals surface area contributed by atoms with E-state index in [1.807, 2.05) is 0 Å². The van der Waals surface area contributed by atoms with Crippen molar-refractivity contribution in [3.05, 3.63) is 35.9 Å². The maximum atomic E-state index is 12.0. The minimum Gasteiger partial charge on any atom is -0.481 e. The summed E-state index contributed by atoms with van der Waals surface area (Å²) in [6, 6.07) is 5.69. The normalized spacial score (nSPS) is 12.3. The highest BCUT2D eigenvalue weighted by Crippen LogP contribution is 1.98. The molecule has 1 aromatic rings. The maximum Gasteiger partial charge on any atom is 0.305 e. The zero-order valence-electron chi connectivity index (χ0n) is 14.0. The number of carboxylic acids is 1. The van der Waals surface area contributed by atoms with Crippen molar-refractivity contribution in [3.63, 3.8) is 0 Å². The highest BCUT2D eigenvalue weighted by atomic mass is 16.4. The van der Waals surface area contributed by atoms with Crippen LogP contribution in [0.1, 0.15) is 23.7 Å². The van der Waals surface area contributed by atoms with Crippen molar-refractivity contribution in [3.8, 4) is 0 Å². The van der Waals surface area contributed by atoms with Gasteiger partial charge in [0.2, 0.25) is 17.7 Å². The van der Waals surface area contributed by atoms with Gasteiger partial charge in [0.1, 0.15) is 12.1 Å². The number of carboxylic acid groups (broad SMARTS) is 1. The average molecular weight is 364 g/mol. The molecule has 0 saturated heterocycles. The molecule has 0 aromatic heterocycles. The van der Waals surface area contributed by atoms with Crippen LogP contribution in [0, 0.1) is 0 Å². The molecule has 6 N–H and O–H groups in total. The molecule has 0 unspecified atom stereocenters. The van der Waals surface area contributed by atoms with Gasteiger partial charge in [0, 0.05) is 5.56 Å². The summed E-state index contributed by atoms with van der Waals surface area (Å²) in [5.74, 6) is -4.27. The van der Waals surface area contributed by atoms with Crippen LogP contribution in [-0.4, -0.2) is 53.3 Å². The second kappa shape index (κ2) is 9.77. The Labute approximate surface area is 149 Å². The summed E-state index contributed by atoms with van der Waals surface area (Å²) in [7, 11) is 0. The summed E-state index contributed by atoms with van der Waals surface area (Å²) in [5.41, 5.74) is 5.36. The molecule has 0 bridgehead atoms. The second-order valence-corrected chi connectivity index (χ2v) is 5.40. The van der Waals surface area contributed by atoms with Crippen molar-refractivity contribution < 1.29 is 29.1 Å². The predicted molar refractivity (Wildman–Crippen MR) is 89.8 cm³/mol. The number of nitrogens with one attached hydrogen (secondary N) is 3. The first-order valence-electron chi connectivity index (χ1n) is 7.64. The van der Waals surface area contributed by atoms with Gasteiger partial charge in [-0.1, -0.05) is 18.2 Å². The van der Waals surface area contributed by atoms with Crippen LogP contribution < -0.4 is 21.7 Å². The van der Waals surface area contributed by atoms with Gasteiger partial charge < -0.3 is 26.8 Å². The van der Waals surface area contributed by atoms with Crippen molar-refractivity contribution in [2.24, 2.45) is 5.73 Å². The second-order valence-electron chi connectivity index (χ2n) is 5.40. The van der Waals surface area contributed by atoms with Crippen molar-refractivity contribution in [1.29, 1.82) is 0 Å². The lowest BCUT2D eigenvalue weighted by Crippen LogP contribution is -2.53. The molecule has 0 aliphatic carbocycles. The lowest BCUT2D eigenvalue weighted by Gasteiger charge is -2.19. The monoisotopic (exact) mass is 364 g/mol. The number of amides is 4. The van der Waals surface area contributed by atoms with E-state index in [1.165, 1.54) is 6.92 Å². The van der Waals surface area contributed by atoms with Gasteiger partial charge in [-0.3, -0.25) is 24.0 Å². The van der Waals surface area contributed by atoms with E-state index < -0.39 is 54.6 Å². The Morgan fingerprint density at radius 2 is 1.69 bits per heavy atom. The largest absolute Gasteiger partial charge is 0.481 e. The van der Waals surface area contributed by atoms with Crippen LogP contribution in [-0.2, 0) is 19.2 Å². The number of primary amides is 1. The Morgan fingerprint density at radius 1 is 1.08 bits per heavy atom. The smallest absolute Gasteiger partial charge is 0.305 e. The molecular weight excluding hydrogens is 344 g/mol. The number of carbonyl (C=O) groups is 5. The molecule has 26 heavy (non-hydrogen) atoms. The van der Waals surface area contributed by atoms with Crippen LogP contribution in [0.2, 0.25) is 0 Å². The van der Waals surface area contributed by atoms with E-state index in [0.29, 0.717) is 5.56 Å². The van der Waals surface area contributed by atoms with E-state index in [0.717, 1.165) is 0 Å². The predicted octanol–water partition coefficient (Wildman–Crippen LogP) is -1.63. The van der Waals surface area contributed by atoms with Crippen molar-refractivity contribution in [2.45, 2.75) is 25.4 Å². The van der Waals surface area contributed by atoms with Gasteiger partial charge in [-0.05, 0) is 19.1 Å². The molecule has 1 aromatic carbocycles. The topological polar surface area (TPSA) is 168 Å². The number of nitrogens with two attached hydrogens (primary N) is 1. The van der Waals surface area contributed by atoms with Crippen LogP contribution >= 0.6 is 0 Å². The zero-order valence-corrected chi connectivity index (χ0v) is 14.0. The fraction of sp³-hybridized carbons (Fsp3) is 0.312. The van der Waals surface area contributed by atoms with Gasteiger partial charge in [0.05, 0.1) is 13.0 Å². The van der Waals surface area contributed by atoms with Crippen LogP contribution in [0.15, 0.2) is 30.3 Å². The molecular formula is C16H20N4O6. The van der Waals surface area contributed by atoms with Crippen LogP contribution in [0.25, 0.3) is 0 Å². The lowest BCUT2D eigenvalue weighted by molar-refractivity contribution is -0.140. The summed E-state index contributed by atoms with van der Waals surface area (Å²) >= 11 is 0. The van der Waals surface area contributed by atoms with Gasteiger partial charge in [0.25, 0.3) is 5.91 Å². The first-order chi connectivity index (χ1) is 12.2. The first kappa shape index (κ1) is 20.6. The molecule has 0 spiro atoms. The number of aliphatic carboxylic acids is 1. The zero-order chi connectivity index (χ0) is 19.7. The number of hydrogen-bond acceptors (Lipinski definition) is 5. The summed E-state index contributed by atoms with van der Waals surface area (Å²) in [4.78, 5) is 57.6. The minimum absolute atomic E-state index is 0.343. The molecule has 0 radical (unpaired) electrons. The van der Waals surface area contributed by atoms with Gasteiger partial charge in [0.15, 0.2) is 0 Å². The standard InChI is InChI=1S/C16H20N4O6/c1-9(14(17)24)19-16(26)11(7-13(22)23)20-12(21)8-18-15(25)10-5-3-2-4-6-10/h2-6,9,11H,7-8H2,1H3,(H2,17,24)(H,18,25)(H,19,26)(H,20,21)(H,22,23)/t9-,11-/m0/s1. The number of carbonyl (C=O) groups excluding carboxylic acids is 4. The average Bonchev–Trinajstić information content (AvgIpc) is 2.59. The van der Waals surface area contributed by atoms with Gasteiger partial charge in [-0.25, -0.2) is 0 Å². The van der Waals surface area contributed by atoms with E-state index in [1.54, 1.807) is 30.3 Å². The van der Waals surface area contributed by atoms with Crippen LogP contribution in [0.4, 0.5) is 0 Å². The molecule has 0 saturated carbocycles. The third-order valence-corrected chi connectivity index (χ3v) is 3.26. The van der Waals surface area contributed by atoms with Gasteiger partial charge in [-0.2, -0.15) is 0 Å². The summed E-state index contributed by atoms with van der Waals surface area (Å²) in [6.45, 7) is 0.864. The molecule has 0 aliphatic heterocycles. The molecule has 10 nitrogen and oxygen atoms in total. The van der Waals surface area contributed by atoms with E-state index in [4.69, 9.17) is 10.8 Å². The third kappa shape index (κ3) is 6.99. The molecule has 1 rings (SSSR count). The molecule has 0 heterocycles. The summed E-state index contributed by atoms with van der Waals surface area (Å²) < 4.78 is 0. The van der Waals surface area contributed by atoms with E-state index in [9.17, 15) is 24.0 Å². The van der Waals surface area contributed by atoms with E-state index in [-0.39, 0.29) is 0 Å². The summed E-state index contributed by atoms with van der Waals surface area (Å²) in [6.07, 6.45) is -0.699. The van der Waals surface area contributed by atoms with Crippen LogP contribution in [0.5, 0.6) is 0 Å². The van der Waals surface area contributed by atoms with Crippen LogP contribution in [0.3, 0.4) is 0 Å². The van der Waals surface area contributed by atoms with Gasteiger partial charge in [-0.15, -0.1) is 0 Å². The van der Waals surface area contributed by atoms with Gasteiger partial charge >= 0.3 is 5.97 Å². The molecule has 0 aliphatic rings. The highest BCUT2D eigenvalue weighted by Gasteiger charge is 2.26. The number of hydrogen-bond donors (Lipinski definition) is 5.